The molecule has 1 aliphatic rings. The summed E-state index contributed by atoms with van der Waals surface area (Å²) < 4.78 is 6.01. The van der Waals surface area contributed by atoms with Gasteiger partial charge in [0.05, 0.1) is 32.3 Å². The van der Waals surface area contributed by atoms with Crippen LogP contribution < -0.4 is 21.3 Å². The molecule has 252 valence electrons. The summed E-state index contributed by atoms with van der Waals surface area (Å²) in [6, 6.07) is 7.30. The van der Waals surface area contributed by atoms with E-state index in [9.17, 15) is 24.0 Å². The first-order valence-corrected chi connectivity index (χ1v) is 17.5. The summed E-state index contributed by atoms with van der Waals surface area (Å²) in [7, 11) is 0. The van der Waals surface area contributed by atoms with E-state index in [1.54, 1.807) is 0 Å². The normalized spacial score (nSPS) is 16.4. The number of hydrogen-bond acceptors (Lipinski definition) is 7. The number of amides is 4. The molecule has 0 saturated carbocycles. The summed E-state index contributed by atoms with van der Waals surface area (Å²) in [5.41, 5.74) is 1.03. The van der Waals surface area contributed by atoms with Gasteiger partial charge in [-0.25, -0.2) is 0 Å². The third-order valence-electron chi connectivity index (χ3n) is 7.55. The number of alkyl halides is 1. The Balaban J connectivity index is 2.07. The number of carbonyl (C=O) groups is 5. The SMILES string of the molecule is CC(C)CC(NC(=O)C(CCc1ccccc1)NC(=O)CN1CCOCC1)C(=O)NCC(=O)NC(CC(C)C)C(=O)C(C)CI. The number of halogens is 1. The van der Waals surface area contributed by atoms with E-state index in [0.717, 1.165) is 5.56 Å². The van der Waals surface area contributed by atoms with E-state index >= 15 is 0 Å². The fraction of sp³-hybridized carbons (Fsp3) is 0.667. The van der Waals surface area contributed by atoms with Crippen molar-refractivity contribution in [1.82, 2.24) is 26.2 Å². The summed E-state index contributed by atoms with van der Waals surface area (Å²) >= 11 is 2.16. The maximum absolute atomic E-state index is 13.6. The van der Waals surface area contributed by atoms with Crippen molar-refractivity contribution >= 4 is 52.0 Å². The van der Waals surface area contributed by atoms with Gasteiger partial charge >= 0.3 is 0 Å². The van der Waals surface area contributed by atoms with Crippen molar-refractivity contribution in [2.24, 2.45) is 17.8 Å². The summed E-state index contributed by atoms with van der Waals surface area (Å²) in [5, 5.41) is 11.2. The molecule has 1 aliphatic heterocycles. The smallest absolute Gasteiger partial charge is 0.243 e. The summed E-state index contributed by atoms with van der Waals surface area (Å²) in [6.45, 7) is 11.9. The van der Waals surface area contributed by atoms with Gasteiger partial charge in [-0.15, -0.1) is 0 Å². The molecule has 1 aromatic rings. The van der Waals surface area contributed by atoms with Crippen LogP contribution >= 0.6 is 22.6 Å². The van der Waals surface area contributed by atoms with E-state index in [4.69, 9.17) is 4.74 Å². The average Bonchev–Trinajstić information content (AvgIpc) is 3.00. The highest BCUT2D eigenvalue weighted by molar-refractivity contribution is 14.1. The first-order chi connectivity index (χ1) is 21.4. The number of rotatable bonds is 19. The Morgan fingerprint density at radius 2 is 1.40 bits per heavy atom. The third kappa shape index (κ3) is 15.0. The van der Waals surface area contributed by atoms with Crippen LogP contribution in [0.1, 0.15) is 59.4 Å². The Morgan fingerprint density at radius 1 is 0.800 bits per heavy atom. The molecule has 0 bridgehead atoms. The van der Waals surface area contributed by atoms with Crippen molar-refractivity contribution in [1.29, 1.82) is 0 Å². The third-order valence-corrected chi connectivity index (χ3v) is 8.87. The predicted octanol–water partition coefficient (Wildman–Crippen LogP) is 2.25. The molecule has 2 rings (SSSR count). The van der Waals surface area contributed by atoms with Crippen molar-refractivity contribution in [3.8, 4) is 0 Å². The Bertz CT molecular complexity index is 1100. The van der Waals surface area contributed by atoms with Gasteiger partial charge in [0.2, 0.25) is 23.6 Å². The molecule has 4 atom stereocenters. The minimum absolute atomic E-state index is 0.0278. The predicted molar refractivity (Wildman–Crippen MR) is 183 cm³/mol. The zero-order valence-electron chi connectivity index (χ0n) is 27.4. The minimum atomic E-state index is -0.909. The molecule has 1 saturated heterocycles. The first kappa shape index (κ1) is 38.6. The number of benzene rings is 1. The lowest BCUT2D eigenvalue weighted by Gasteiger charge is -2.28. The zero-order valence-corrected chi connectivity index (χ0v) is 29.6. The highest BCUT2D eigenvalue weighted by Gasteiger charge is 2.29. The van der Waals surface area contributed by atoms with Gasteiger partial charge in [-0.05, 0) is 43.1 Å². The Kier molecular flexibility index (Phi) is 17.6. The van der Waals surface area contributed by atoms with Crippen LogP contribution in [-0.2, 0) is 35.1 Å². The number of carbonyl (C=O) groups excluding carboxylic acids is 5. The monoisotopic (exact) mass is 741 g/mol. The molecule has 11 nitrogen and oxygen atoms in total. The van der Waals surface area contributed by atoms with Crippen LogP contribution in [-0.4, -0.2) is 96.3 Å². The Labute approximate surface area is 281 Å². The largest absolute Gasteiger partial charge is 0.379 e. The van der Waals surface area contributed by atoms with Gasteiger partial charge in [0.1, 0.15) is 12.1 Å². The van der Waals surface area contributed by atoms with Crippen molar-refractivity contribution in [2.45, 2.75) is 78.4 Å². The molecule has 0 spiro atoms. The highest BCUT2D eigenvalue weighted by Crippen LogP contribution is 2.13. The van der Waals surface area contributed by atoms with Crippen molar-refractivity contribution in [3.05, 3.63) is 35.9 Å². The van der Waals surface area contributed by atoms with Crippen molar-refractivity contribution < 1.29 is 28.7 Å². The van der Waals surface area contributed by atoms with Gasteiger partial charge in [0.25, 0.3) is 0 Å². The van der Waals surface area contributed by atoms with Crippen LogP contribution in [0.25, 0.3) is 0 Å². The number of nitrogens with zero attached hydrogens (tertiary/aromatic N) is 1. The number of morpholine rings is 1. The molecule has 1 aromatic carbocycles. The highest BCUT2D eigenvalue weighted by atomic mass is 127. The number of aryl methyl sites for hydroxylation is 1. The second-order valence-electron chi connectivity index (χ2n) is 12.6. The fourth-order valence-corrected chi connectivity index (χ4v) is 5.51. The number of nitrogens with one attached hydrogen (secondary N) is 4. The van der Waals surface area contributed by atoms with Crippen LogP contribution in [0, 0.1) is 17.8 Å². The first-order valence-electron chi connectivity index (χ1n) is 16.0. The van der Waals surface area contributed by atoms with E-state index < -0.39 is 35.8 Å². The van der Waals surface area contributed by atoms with Gasteiger partial charge < -0.3 is 26.0 Å². The van der Waals surface area contributed by atoms with Gasteiger partial charge in [0.15, 0.2) is 5.78 Å². The minimum Gasteiger partial charge on any atom is -0.379 e. The van der Waals surface area contributed by atoms with Crippen LogP contribution in [0.15, 0.2) is 30.3 Å². The quantitative estimate of drug-likeness (QED) is 0.126. The van der Waals surface area contributed by atoms with Crippen LogP contribution in [0.3, 0.4) is 0 Å². The fourth-order valence-electron chi connectivity index (χ4n) is 5.08. The van der Waals surface area contributed by atoms with Gasteiger partial charge in [-0.1, -0.05) is 87.5 Å². The molecule has 4 amide bonds. The van der Waals surface area contributed by atoms with E-state index in [1.807, 2.05) is 69.9 Å². The van der Waals surface area contributed by atoms with Gasteiger partial charge in [0, 0.05) is 23.4 Å². The molecule has 0 aromatic heterocycles. The van der Waals surface area contributed by atoms with Crippen LogP contribution in [0.4, 0.5) is 0 Å². The zero-order chi connectivity index (χ0) is 33.4. The van der Waals surface area contributed by atoms with Crippen molar-refractivity contribution in [2.75, 3.05) is 43.8 Å². The Morgan fingerprint density at radius 3 is 2.00 bits per heavy atom. The van der Waals surface area contributed by atoms with E-state index in [0.29, 0.717) is 56.4 Å². The lowest BCUT2D eigenvalue weighted by molar-refractivity contribution is -0.133. The molecular formula is C33H52IN5O6. The lowest BCUT2D eigenvalue weighted by atomic mass is 9.94. The lowest BCUT2D eigenvalue weighted by Crippen LogP contribution is -2.56. The molecule has 4 N–H and O–H groups in total. The van der Waals surface area contributed by atoms with E-state index in [2.05, 4.69) is 43.9 Å². The Hall–Kier alpha value is -2.58. The van der Waals surface area contributed by atoms with Crippen molar-refractivity contribution in [3.63, 3.8) is 0 Å². The summed E-state index contributed by atoms with van der Waals surface area (Å²) in [5.74, 6) is -1.65. The molecule has 12 heteroatoms. The molecule has 45 heavy (non-hydrogen) atoms. The maximum atomic E-state index is 13.6. The standard InChI is InChI=1S/C33H52IN5O6/c1-22(2)17-27(31(42)24(5)19-34)37-29(40)20-35-32(43)28(18-23(3)4)38-33(44)26(12-11-25-9-7-6-8-10-25)36-30(41)21-39-13-15-45-16-14-39/h6-10,22-24,26-28H,11-21H2,1-5H3,(H,35,43)(H,36,41)(H,37,40)(H,38,44). The number of ether oxygens (including phenoxy) is 1. The van der Waals surface area contributed by atoms with Gasteiger partial charge in [-0.2, -0.15) is 0 Å². The van der Waals surface area contributed by atoms with Crippen LogP contribution in [0.2, 0.25) is 0 Å². The summed E-state index contributed by atoms with van der Waals surface area (Å²) in [6.07, 6.45) is 1.76. The average molecular weight is 742 g/mol. The van der Waals surface area contributed by atoms with Crippen LogP contribution in [0.5, 0.6) is 0 Å². The number of hydrogen-bond donors (Lipinski definition) is 4. The molecule has 0 aliphatic carbocycles. The maximum Gasteiger partial charge on any atom is 0.243 e. The molecule has 1 heterocycles. The molecule has 0 radical (unpaired) electrons. The van der Waals surface area contributed by atoms with Gasteiger partial charge in [-0.3, -0.25) is 28.9 Å². The number of Topliss-reactive ketones (excluding diaryl/α,β-unsaturated/α-hetero) is 1. The second kappa shape index (κ2) is 20.5. The van der Waals surface area contributed by atoms with E-state index in [-0.39, 0.29) is 42.5 Å². The molecule has 4 unspecified atom stereocenters. The van der Waals surface area contributed by atoms with E-state index in [1.165, 1.54) is 0 Å². The molecular weight excluding hydrogens is 689 g/mol. The second-order valence-corrected chi connectivity index (χ2v) is 13.5. The topological polar surface area (TPSA) is 146 Å². The molecule has 1 fully saturated rings. The number of ketones is 1. The summed E-state index contributed by atoms with van der Waals surface area (Å²) in [4.78, 5) is 67.4.